The molecule has 1 saturated heterocycles. The monoisotopic (exact) mass is 222 g/mol. The van der Waals surface area contributed by atoms with Gasteiger partial charge in [-0.3, -0.25) is 4.18 Å². The highest BCUT2D eigenvalue weighted by molar-refractivity contribution is 7.84. The van der Waals surface area contributed by atoms with Crippen LogP contribution in [0.5, 0.6) is 0 Å². The second-order valence-electron chi connectivity index (χ2n) is 3.68. The van der Waals surface area contributed by atoms with Crippen LogP contribution in [-0.4, -0.2) is 39.6 Å². The van der Waals surface area contributed by atoms with E-state index in [0.29, 0.717) is 5.92 Å². The van der Waals surface area contributed by atoms with Crippen LogP contribution in [0.15, 0.2) is 0 Å². The summed E-state index contributed by atoms with van der Waals surface area (Å²) in [5.74, 6) is 0.294. The molecule has 1 heterocycles. The number of rotatable bonds is 4. The number of hydrogen-bond donors (Lipinski definition) is 1. The van der Waals surface area contributed by atoms with Gasteiger partial charge in [0, 0.05) is 6.54 Å². The first-order valence-electron chi connectivity index (χ1n) is 4.90. The van der Waals surface area contributed by atoms with Crippen molar-refractivity contribution >= 4 is 10.3 Å². The molecule has 1 fully saturated rings. The van der Waals surface area contributed by atoms with Crippen LogP contribution >= 0.6 is 0 Å². The van der Waals surface area contributed by atoms with Gasteiger partial charge in [-0.15, -0.1) is 0 Å². The summed E-state index contributed by atoms with van der Waals surface area (Å²) in [6, 6.07) is 0. The smallest absolute Gasteiger partial charge is 0.303 e. The van der Waals surface area contributed by atoms with Gasteiger partial charge in [0.05, 0.1) is 6.61 Å². The number of nitrogens with two attached hydrogens (primary N) is 1. The lowest BCUT2D eigenvalue weighted by molar-refractivity contribution is 0.137. The van der Waals surface area contributed by atoms with Crippen LogP contribution in [0.3, 0.4) is 0 Å². The Morgan fingerprint density at radius 1 is 1.57 bits per heavy atom. The fourth-order valence-corrected chi connectivity index (χ4v) is 2.15. The van der Waals surface area contributed by atoms with Crippen LogP contribution in [0.2, 0.25) is 0 Å². The molecule has 84 valence electrons. The quantitative estimate of drug-likeness (QED) is 0.723. The van der Waals surface area contributed by atoms with Crippen molar-refractivity contribution in [1.29, 1.82) is 0 Å². The van der Waals surface area contributed by atoms with Crippen LogP contribution in [0, 0.1) is 5.92 Å². The molecule has 0 aliphatic carbocycles. The number of nitrogens with zero attached hydrogens (tertiary/aromatic N) is 1. The molecule has 1 rings (SSSR count). The minimum Gasteiger partial charge on any atom is -0.303 e. The summed E-state index contributed by atoms with van der Waals surface area (Å²) in [7, 11) is -3.77. The van der Waals surface area contributed by atoms with E-state index in [1.165, 1.54) is 0 Å². The molecule has 1 aliphatic heterocycles. The molecule has 2 N–H and O–H groups in total. The molecular formula is C8H18N2O3S. The van der Waals surface area contributed by atoms with Gasteiger partial charge in [-0.2, -0.15) is 8.42 Å². The highest BCUT2D eigenvalue weighted by Crippen LogP contribution is 2.16. The van der Waals surface area contributed by atoms with Gasteiger partial charge in [0.25, 0.3) is 0 Å². The van der Waals surface area contributed by atoms with Crippen molar-refractivity contribution in [3.8, 4) is 0 Å². The Bertz CT molecular complexity index is 266. The van der Waals surface area contributed by atoms with Crippen LogP contribution in [-0.2, 0) is 14.5 Å². The van der Waals surface area contributed by atoms with Gasteiger partial charge in [0.15, 0.2) is 0 Å². The predicted octanol–water partition coefficient (Wildman–Crippen LogP) is -0.0616. The SMILES string of the molecule is CCN1CCCC(COS(N)(=O)=O)C1. The minimum absolute atomic E-state index is 0.218. The van der Waals surface area contributed by atoms with E-state index < -0.39 is 10.3 Å². The number of hydrogen-bond acceptors (Lipinski definition) is 4. The summed E-state index contributed by atoms with van der Waals surface area (Å²) in [4.78, 5) is 2.29. The summed E-state index contributed by atoms with van der Waals surface area (Å²) < 4.78 is 25.7. The molecule has 0 amide bonds. The maximum atomic E-state index is 10.6. The molecule has 0 saturated carbocycles. The summed E-state index contributed by atoms with van der Waals surface area (Å²) in [6.45, 7) is 5.33. The highest BCUT2D eigenvalue weighted by Gasteiger charge is 2.20. The zero-order chi connectivity index (χ0) is 10.6. The molecule has 1 unspecified atom stereocenters. The average molecular weight is 222 g/mol. The Morgan fingerprint density at radius 3 is 2.86 bits per heavy atom. The van der Waals surface area contributed by atoms with Crippen molar-refractivity contribution in [3.05, 3.63) is 0 Å². The third-order valence-electron chi connectivity index (χ3n) is 2.52. The Labute approximate surface area is 85.5 Å². The van der Waals surface area contributed by atoms with E-state index in [4.69, 9.17) is 5.14 Å². The second-order valence-corrected chi connectivity index (χ2v) is 4.90. The lowest BCUT2D eigenvalue weighted by Crippen LogP contribution is -2.37. The fourth-order valence-electron chi connectivity index (χ4n) is 1.77. The molecular weight excluding hydrogens is 204 g/mol. The Morgan fingerprint density at radius 2 is 2.29 bits per heavy atom. The molecule has 1 aliphatic rings. The van der Waals surface area contributed by atoms with Crippen LogP contribution in [0.25, 0.3) is 0 Å². The third-order valence-corrected chi connectivity index (χ3v) is 2.98. The Hall–Kier alpha value is -0.170. The summed E-state index contributed by atoms with van der Waals surface area (Å²) >= 11 is 0. The largest absolute Gasteiger partial charge is 0.333 e. The van der Waals surface area contributed by atoms with E-state index in [2.05, 4.69) is 16.0 Å². The Kier molecular flexibility index (Phi) is 4.31. The van der Waals surface area contributed by atoms with Crippen molar-refractivity contribution in [2.45, 2.75) is 19.8 Å². The summed E-state index contributed by atoms with van der Waals surface area (Å²) in [5.41, 5.74) is 0. The van der Waals surface area contributed by atoms with Crippen molar-refractivity contribution in [2.24, 2.45) is 11.1 Å². The minimum atomic E-state index is -3.77. The van der Waals surface area contributed by atoms with Gasteiger partial charge in [-0.1, -0.05) is 6.92 Å². The van der Waals surface area contributed by atoms with Gasteiger partial charge in [-0.25, -0.2) is 5.14 Å². The maximum Gasteiger partial charge on any atom is 0.333 e. The molecule has 0 aromatic carbocycles. The lowest BCUT2D eigenvalue weighted by atomic mass is 9.99. The van der Waals surface area contributed by atoms with Crippen LogP contribution in [0.1, 0.15) is 19.8 Å². The number of piperidine rings is 1. The van der Waals surface area contributed by atoms with Gasteiger partial charge in [-0.05, 0) is 31.8 Å². The van der Waals surface area contributed by atoms with Crippen molar-refractivity contribution in [1.82, 2.24) is 4.90 Å². The van der Waals surface area contributed by atoms with Crippen molar-refractivity contribution < 1.29 is 12.6 Å². The van der Waals surface area contributed by atoms with E-state index >= 15 is 0 Å². The average Bonchev–Trinajstić information content (AvgIpc) is 2.14. The van der Waals surface area contributed by atoms with E-state index in [1.54, 1.807) is 0 Å². The van der Waals surface area contributed by atoms with Crippen LogP contribution < -0.4 is 5.14 Å². The first-order chi connectivity index (χ1) is 6.51. The molecule has 0 radical (unpaired) electrons. The first-order valence-corrected chi connectivity index (χ1v) is 6.38. The molecule has 0 spiro atoms. The van der Waals surface area contributed by atoms with Crippen molar-refractivity contribution in [3.63, 3.8) is 0 Å². The zero-order valence-electron chi connectivity index (χ0n) is 8.48. The Balaban J connectivity index is 2.31. The molecule has 1 atom stereocenters. The van der Waals surface area contributed by atoms with Crippen LogP contribution in [0.4, 0.5) is 0 Å². The molecule has 5 nitrogen and oxygen atoms in total. The molecule has 0 aromatic rings. The predicted molar refractivity (Wildman–Crippen MR) is 53.9 cm³/mol. The van der Waals surface area contributed by atoms with E-state index in [9.17, 15) is 8.42 Å². The van der Waals surface area contributed by atoms with E-state index in [0.717, 1.165) is 32.5 Å². The zero-order valence-corrected chi connectivity index (χ0v) is 9.29. The van der Waals surface area contributed by atoms with Crippen molar-refractivity contribution in [2.75, 3.05) is 26.2 Å². The van der Waals surface area contributed by atoms with Gasteiger partial charge >= 0.3 is 10.3 Å². The molecule has 14 heavy (non-hydrogen) atoms. The molecule has 0 bridgehead atoms. The summed E-state index contributed by atoms with van der Waals surface area (Å²) in [6.07, 6.45) is 2.12. The fraction of sp³-hybridized carbons (Fsp3) is 1.00. The maximum absolute atomic E-state index is 10.6. The van der Waals surface area contributed by atoms with E-state index in [1.807, 2.05) is 0 Å². The second kappa shape index (κ2) is 5.06. The molecule has 0 aromatic heterocycles. The lowest BCUT2D eigenvalue weighted by Gasteiger charge is -2.31. The number of likely N-dealkylation sites (tertiary alicyclic amines) is 1. The summed E-state index contributed by atoms with van der Waals surface area (Å²) in [5, 5.41) is 4.76. The van der Waals surface area contributed by atoms with Gasteiger partial charge < -0.3 is 4.90 Å². The van der Waals surface area contributed by atoms with Gasteiger partial charge in [0.2, 0.25) is 0 Å². The third kappa shape index (κ3) is 4.36. The standard InChI is InChI=1S/C8H18N2O3S/c1-2-10-5-3-4-8(6-10)7-13-14(9,11)12/h8H,2-7H2,1H3,(H2,9,11,12). The topological polar surface area (TPSA) is 72.6 Å². The molecule has 6 heteroatoms. The van der Waals surface area contributed by atoms with Gasteiger partial charge in [0.1, 0.15) is 0 Å². The highest BCUT2D eigenvalue weighted by atomic mass is 32.2. The normalized spacial score (nSPS) is 25.1. The first kappa shape index (κ1) is 11.9. The van der Waals surface area contributed by atoms with E-state index in [-0.39, 0.29) is 6.61 Å².